The van der Waals surface area contributed by atoms with E-state index in [4.69, 9.17) is 16.9 Å². The molecule has 0 radical (unpaired) electrons. The third-order valence-corrected chi connectivity index (χ3v) is 4.87. The average molecular weight is 410 g/mol. The molecular weight excluding hydrogens is 387 g/mol. The Balaban J connectivity index is 2.51. The molecule has 0 saturated carbocycles. The van der Waals surface area contributed by atoms with Crippen molar-refractivity contribution in [1.29, 1.82) is 5.26 Å². The van der Waals surface area contributed by atoms with Gasteiger partial charge >= 0.3 is 6.18 Å². The van der Waals surface area contributed by atoms with Gasteiger partial charge in [0.25, 0.3) is 0 Å². The molecule has 2 aromatic carbocycles. The van der Waals surface area contributed by atoms with Gasteiger partial charge in [0.05, 0.1) is 16.1 Å². The molecule has 28 heavy (non-hydrogen) atoms. The lowest BCUT2D eigenvalue weighted by Gasteiger charge is -2.36. The molecule has 1 unspecified atom stereocenters. The minimum absolute atomic E-state index is 0.0275. The Labute approximate surface area is 168 Å². The van der Waals surface area contributed by atoms with Crippen molar-refractivity contribution in [3.63, 3.8) is 0 Å². The molecule has 3 nitrogen and oxygen atoms in total. The zero-order valence-electron chi connectivity index (χ0n) is 16.1. The predicted octanol–water partition coefficient (Wildman–Crippen LogP) is 5.58. The van der Waals surface area contributed by atoms with Crippen LogP contribution in [0.1, 0.15) is 30.0 Å². The lowest BCUT2D eigenvalue weighted by molar-refractivity contribution is -0.138. The molecule has 2 aromatic rings. The number of nitriles is 1. The van der Waals surface area contributed by atoms with Gasteiger partial charge in [-0.25, -0.2) is 0 Å². The Morgan fingerprint density at radius 1 is 1.14 bits per heavy atom. The van der Waals surface area contributed by atoms with Gasteiger partial charge < -0.3 is 9.80 Å². The van der Waals surface area contributed by atoms with Gasteiger partial charge in [-0.15, -0.1) is 0 Å². The number of halogens is 4. The van der Waals surface area contributed by atoms with E-state index in [9.17, 15) is 13.2 Å². The highest BCUT2D eigenvalue weighted by Gasteiger charge is 2.34. The maximum Gasteiger partial charge on any atom is 0.416 e. The van der Waals surface area contributed by atoms with Crippen LogP contribution >= 0.6 is 11.6 Å². The third kappa shape index (κ3) is 5.40. The predicted molar refractivity (Wildman–Crippen MR) is 106 cm³/mol. The summed E-state index contributed by atoms with van der Waals surface area (Å²) in [6, 6.07) is 12.6. The van der Waals surface area contributed by atoms with E-state index in [-0.39, 0.29) is 23.2 Å². The summed E-state index contributed by atoms with van der Waals surface area (Å²) in [7, 11) is 3.85. The largest absolute Gasteiger partial charge is 0.416 e. The number of rotatable bonds is 7. The fourth-order valence-corrected chi connectivity index (χ4v) is 3.41. The minimum Gasteiger partial charge on any atom is -0.363 e. The second kappa shape index (κ2) is 9.31. The van der Waals surface area contributed by atoms with Gasteiger partial charge in [-0.3, -0.25) is 0 Å². The van der Waals surface area contributed by atoms with Crippen molar-refractivity contribution >= 4 is 17.3 Å². The van der Waals surface area contributed by atoms with Crippen LogP contribution in [-0.2, 0) is 12.7 Å². The molecule has 0 amide bonds. The van der Waals surface area contributed by atoms with Crippen molar-refractivity contribution in [1.82, 2.24) is 4.90 Å². The maximum absolute atomic E-state index is 13.5. The standard InChI is InChI=1S/C21H23ClF3N3/c1-4-17(14-27(2)3)28(18-10-9-15(12-26)20(22)11-18)13-16-7-5-6-8-19(16)21(23,24)25/h5-11,17H,4,13-14H2,1-3H3. The highest BCUT2D eigenvalue weighted by molar-refractivity contribution is 6.32. The summed E-state index contributed by atoms with van der Waals surface area (Å²) in [5.74, 6) is 0. The quantitative estimate of drug-likeness (QED) is 0.598. The highest BCUT2D eigenvalue weighted by Crippen LogP contribution is 2.34. The molecule has 0 aliphatic heterocycles. The molecular formula is C21H23ClF3N3. The van der Waals surface area contributed by atoms with Crippen LogP contribution in [0.15, 0.2) is 42.5 Å². The number of hydrogen-bond acceptors (Lipinski definition) is 3. The molecule has 0 fully saturated rings. The van der Waals surface area contributed by atoms with E-state index >= 15 is 0 Å². The molecule has 0 heterocycles. The van der Waals surface area contributed by atoms with Crippen molar-refractivity contribution in [3.8, 4) is 6.07 Å². The van der Waals surface area contributed by atoms with Gasteiger partial charge in [-0.2, -0.15) is 18.4 Å². The minimum atomic E-state index is -4.42. The lowest BCUT2D eigenvalue weighted by Crippen LogP contribution is -2.42. The van der Waals surface area contributed by atoms with Crippen LogP contribution in [0.4, 0.5) is 18.9 Å². The van der Waals surface area contributed by atoms with E-state index in [1.165, 1.54) is 12.1 Å². The normalized spacial score (nSPS) is 12.7. The van der Waals surface area contributed by atoms with E-state index in [0.29, 0.717) is 17.8 Å². The highest BCUT2D eigenvalue weighted by atomic mass is 35.5. The van der Waals surface area contributed by atoms with Crippen molar-refractivity contribution < 1.29 is 13.2 Å². The summed E-state index contributed by atoms with van der Waals surface area (Å²) in [5, 5.41) is 9.39. The first kappa shape index (κ1) is 22.1. The monoisotopic (exact) mass is 409 g/mol. The molecule has 0 spiro atoms. The molecule has 0 N–H and O–H groups in total. The summed E-state index contributed by atoms with van der Waals surface area (Å²) in [6.45, 7) is 2.76. The van der Waals surface area contributed by atoms with Crippen molar-refractivity contribution in [2.75, 3.05) is 25.5 Å². The molecule has 0 saturated heterocycles. The fraction of sp³-hybridized carbons (Fsp3) is 0.381. The van der Waals surface area contributed by atoms with Crippen LogP contribution in [-0.4, -0.2) is 31.6 Å². The molecule has 1 atom stereocenters. The van der Waals surface area contributed by atoms with Crippen molar-refractivity contribution in [3.05, 3.63) is 64.2 Å². The first-order chi connectivity index (χ1) is 13.2. The van der Waals surface area contributed by atoms with Gasteiger partial charge in [-0.1, -0.05) is 36.7 Å². The Morgan fingerprint density at radius 3 is 2.36 bits per heavy atom. The summed E-state index contributed by atoms with van der Waals surface area (Å²) < 4.78 is 40.4. The number of anilines is 1. The molecule has 150 valence electrons. The third-order valence-electron chi connectivity index (χ3n) is 4.56. The Kier molecular flexibility index (Phi) is 7.34. The van der Waals surface area contributed by atoms with Crippen molar-refractivity contribution in [2.45, 2.75) is 32.1 Å². The van der Waals surface area contributed by atoms with E-state index in [1.807, 2.05) is 36.9 Å². The number of nitrogens with zero attached hydrogens (tertiary/aromatic N) is 3. The molecule has 0 aliphatic carbocycles. The number of alkyl halides is 3. The summed E-state index contributed by atoms with van der Waals surface area (Å²) in [4.78, 5) is 3.93. The van der Waals surface area contributed by atoms with E-state index in [1.54, 1.807) is 24.3 Å². The van der Waals surface area contributed by atoms with Crippen LogP contribution in [0.2, 0.25) is 5.02 Å². The fourth-order valence-electron chi connectivity index (χ4n) is 3.19. The first-order valence-corrected chi connectivity index (χ1v) is 9.31. The number of likely N-dealkylation sites (N-methyl/N-ethyl adjacent to an activating group) is 1. The number of hydrogen-bond donors (Lipinski definition) is 0. The molecule has 0 aromatic heterocycles. The van der Waals surface area contributed by atoms with Crippen LogP contribution in [0.25, 0.3) is 0 Å². The van der Waals surface area contributed by atoms with Crippen LogP contribution < -0.4 is 4.90 Å². The van der Waals surface area contributed by atoms with E-state index < -0.39 is 11.7 Å². The lowest BCUT2D eigenvalue weighted by atomic mass is 10.0. The van der Waals surface area contributed by atoms with E-state index in [0.717, 1.165) is 12.5 Å². The number of benzene rings is 2. The first-order valence-electron chi connectivity index (χ1n) is 8.93. The Hall–Kier alpha value is -2.23. The Bertz CT molecular complexity index is 844. The summed E-state index contributed by atoms with van der Waals surface area (Å²) >= 11 is 6.19. The SMILES string of the molecule is CCC(CN(C)C)N(Cc1ccccc1C(F)(F)F)c1ccc(C#N)c(Cl)c1. The van der Waals surface area contributed by atoms with Gasteiger partial charge in [0.15, 0.2) is 0 Å². The smallest absolute Gasteiger partial charge is 0.363 e. The molecule has 7 heteroatoms. The summed E-state index contributed by atoms with van der Waals surface area (Å²) in [5.41, 5.74) is 0.587. The molecule has 0 aliphatic rings. The zero-order chi connectivity index (χ0) is 20.9. The topological polar surface area (TPSA) is 30.3 Å². The van der Waals surface area contributed by atoms with Gasteiger partial charge in [0, 0.05) is 24.8 Å². The van der Waals surface area contributed by atoms with Crippen LogP contribution in [0.3, 0.4) is 0 Å². The second-order valence-corrected chi connectivity index (χ2v) is 7.29. The second-order valence-electron chi connectivity index (χ2n) is 6.88. The zero-order valence-corrected chi connectivity index (χ0v) is 16.8. The van der Waals surface area contributed by atoms with Gasteiger partial charge in [0.1, 0.15) is 6.07 Å². The van der Waals surface area contributed by atoms with Gasteiger partial charge in [-0.05, 0) is 50.3 Å². The molecule has 0 bridgehead atoms. The van der Waals surface area contributed by atoms with Crippen LogP contribution in [0.5, 0.6) is 0 Å². The van der Waals surface area contributed by atoms with Crippen LogP contribution in [0, 0.1) is 11.3 Å². The average Bonchev–Trinajstić information content (AvgIpc) is 2.63. The van der Waals surface area contributed by atoms with Crippen molar-refractivity contribution in [2.24, 2.45) is 0 Å². The summed E-state index contributed by atoms with van der Waals surface area (Å²) in [6.07, 6.45) is -3.68. The van der Waals surface area contributed by atoms with E-state index in [2.05, 4.69) is 0 Å². The maximum atomic E-state index is 13.5. The molecule has 2 rings (SSSR count). The van der Waals surface area contributed by atoms with Gasteiger partial charge in [0.2, 0.25) is 0 Å². The Morgan fingerprint density at radius 2 is 1.82 bits per heavy atom.